The zero-order valence-corrected chi connectivity index (χ0v) is 9.42. The van der Waals surface area contributed by atoms with Crippen molar-refractivity contribution in [3.63, 3.8) is 0 Å². The molecule has 0 aliphatic heterocycles. The molecule has 13 heavy (non-hydrogen) atoms. The van der Waals surface area contributed by atoms with Gasteiger partial charge in [0, 0.05) is 20.1 Å². The highest BCUT2D eigenvalue weighted by Crippen LogP contribution is 2.05. The van der Waals surface area contributed by atoms with Crippen LogP contribution in [0.5, 0.6) is 0 Å². The molecule has 3 nitrogen and oxygen atoms in total. The molecule has 0 fully saturated rings. The molecule has 0 radical (unpaired) electrons. The van der Waals surface area contributed by atoms with Crippen LogP contribution in [0.25, 0.3) is 0 Å². The smallest absolute Gasteiger partial charge is 0.236 e. The zero-order chi connectivity index (χ0) is 10.4. The summed E-state index contributed by atoms with van der Waals surface area (Å²) in [5, 5.41) is 3.22. The summed E-state index contributed by atoms with van der Waals surface area (Å²) in [5.74, 6) is 0.755. The third kappa shape index (κ3) is 4.88. The molecule has 0 aliphatic carbocycles. The van der Waals surface area contributed by atoms with Crippen molar-refractivity contribution in [3.8, 4) is 0 Å². The van der Waals surface area contributed by atoms with Crippen molar-refractivity contribution in [2.24, 2.45) is 5.92 Å². The van der Waals surface area contributed by atoms with Gasteiger partial charge in [-0.05, 0) is 12.8 Å². The Balaban J connectivity index is 3.69. The van der Waals surface area contributed by atoms with Crippen molar-refractivity contribution in [1.29, 1.82) is 0 Å². The second-order valence-corrected chi connectivity index (χ2v) is 3.84. The van der Waals surface area contributed by atoms with E-state index in [0.717, 1.165) is 6.42 Å². The molecule has 2 unspecified atom stereocenters. The quantitative estimate of drug-likeness (QED) is 0.697. The van der Waals surface area contributed by atoms with E-state index in [1.807, 2.05) is 0 Å². The number of nitrogens with one attached hydrogen (secondary N) is 1. The minimum Gasteiger partial charge on any atom is -0.348 e. The Morgan fingerprint density at radius 3 is 2.31 bits per heavy atom. The maximum atomic E-state index is 11.2. The second kappa shape index (κ2) is 5.97. The van der Waals surface area contributed by atoms with Crippen LogP contribution < -0.4 is 5.32 Å². The van der Waals surface area contributed by atoms with Crippen LogP contribution in [0.4, 0.5) is 0 Å². The van der Waals surface area contributed by atoms with Crippen LogP contribution in [-0.2, 0) is 4.79 Å². The first-order valence-electron chi connectivity index (χ1n) is 4.92. The van der Waals surface area contributed by atoms with Gasteiger partial charge in [-0.1, -0.05) is 20.3 Å². The number of hydrogen-bond donors (Lipinski definition) is 1. The van der Waals surface area contributed by atoms with Gasteiger partial charge in [0.25, 0.3) is 0 Å². The minimum absolute atomic E-state index is 0.134. The van der Waals surface area contributed by atoms with Crippen LogP contribution in [0.2, 0.25) is 0 Å². The molecule has 1 amide bonds. The number of likely N-dealkylation sites (N-methyl/N-ethyl adjacent to an activating group) is 1. The summed E-state index contributed by atoms with van der Waals surface area (Å²) in [6, 6.07) is 0.411. The first-order valence-corrected chi connectivity index (χ1v) is 4.92. The van der Waals surface area contributed by atoms with E-state index in [9.17, 15) is 4.79 Å². The molecular formula is C10H22N2O. The van der Waals surface area contributed by atoms with E-state index in [1.54, 1.807) is 19.0 Å². The summed E-state index contributed by atoms with van der Waals surface area (Å²) < 4.78 is 0. The number of hydrogen-bond acceptors (Lipinski definition) is 2. The summed E-state index contributed by atoms with van der Waals surface area (Å²) >= 11 is 0. The lowest BCUT2D eigenvalue weighted by Crippen LogP contribution is -2.39. The third-order valence-electron chi connectivity index (χ3n) is 2.57. The highest BCUT2D eigenvalue weighted by Gasteiger charge is 2.11. The molecule has 0 aliphatic rings. The van der Waals surface area contributed by atoms with Crippen molar-refractivity contribution in [3.05, 3.63) is 0 Å². The van der Waals surface area contributed by atoms with Crippen LogP contribution >= 0.6 is 0 Å². The van der Waals surface area contributed by atoms with E-state index in [4.69, 9.17) is 0 Å². The fourth-order valence-electron chi connectivity index (χ4n) is 0.961. The molecule has 0 spiro atoms. The lowest BCUT2D eigenvalue weighted by molar-refractivity contribution is -0.127. The van der Waals surface area contributed by atoms with Gasteiger partial charge in [-0.25, -0.2) is 0 Å². The standard InChI is InChI=1S/C10H22N2O/c1-6-8(2)9(3)11-7-10(13)12(4)5/h8-9,11H,6-7H2,1-5H3. The summed E-state index contributed by atoms with van der Waals surface area (Å²) in [7, 11) is 3.55. The topological polar surface area (TPSA) is 32.3 Å². The second-order valence-electron chi connectivity index (χ2n) is 3.84. The van der Waals surface area contributed by atoms with Crippen molar-refractivity contribution in [2.75, 3.05) is 20.6 Å². The van der Waals surface area contributed by atoms with Crippen molar-refractivity contribution >= 4 is 5.91 Å². The van der Waals surface area contributed by atoms with Gasteiger partial charge in [-0.3, -0.25) is 4.79 Å². The molecule has 1 N–H and O–H groups in total. The van der Waals surface area contributed by atoms with Crippen LogP contribution in [-0.4, -0.2) is 37.5 Å². The summed E-state index contributed by atoms with van der Waals surface area (Å²) in [4.78, 5) is 12.8. The maximum Gasteiger partial charge on any atom is 0.236 e. The van der Waals surface area contributed by atoms with E-state index < -0.39 is 0 Å². The van der Waals surface area contributed by atoms with Gasteiger partial charge in [0.2, 0.25) is 5.91 Å². The predicted molar refractivity (Wildman–Crippen MR) is 55.6 cm³/mol. The molecule has 0 aromatic rings. The fourth-order valence-corrected chi connectivity index (χ4v) is 0.961. The number of amides is 1. The molecule has 3 heteroatoms. The number of carbonyl (C=O) groups is 1. The molecule has 0 aromatic heterocycles. The molecule has 0 rings (SSSR count). The molecule has 78 valence electrons. The Labute approximate surface area is 81.5 Å². The van der Waals surface area contributed by atoms with Crippen molar-refractivity contribution in [1.82, 2.24) is 10.2 Å². The maximum absolute atomic E-state index is 11.2. The van der Waals surface area contributed by atoms with Gasteiger partial charge in [0.1, 0.15) is 0 Å². The van der Waals surface area contributed by atoms with Crippen LogP contribution in [0.15, 0.2) is 0 Å². The van der Waals surface area contributed by atoms with Crippen molar-refractivity contribution < 1.29 is 4.79 Å². The van der Waals surface area contributed by atoms with E-state index in [2.05, 4.69) is 26.1 Å². The predicted octanol–water partition coefficient (Wildman–Crippen LogP) is 1.10. The Kier molecular flexibility index (Phi) is 5.71. The number of carbonyl (C=O) groups excluding carboxylic acids is 1. The Bertz CT molecular complexity index is 157. The molecule has 2 atom stereocenters. The molecule has 0 aromatic carbocycles. The van der Waals surface area contributed by atoms with Crippen LogP contribution in [0.1, 0.15) is 27.2 Å². The normalized spacial score (nSPS) is 15.2. The first kappa shape index (κ1) is 12.4. The van der Waals surface area contributed by atoms with Gasteiger partial charge < -0.3 is 10.2 Å². The monoisotopic (exact) mass is 186 g/mol. The van der Waals surface area contributed by atoms with Crippen LogP contribution in [0.3, 0.4) is 0 Å². The molecule has 0 heterocycles. The Morgan fingerprint density at radius 1 is 1.38 bits per heavy atom. The first-order chi connectivity index (χ1) is 5.99. The average molecular weight is 186 g/mol. The number of rotatable bonds is 5. The zero-order valence-electron chi connectivity index (χ0n) is 9.42. The average Bonchev–Trinajstić information content (AvgIpc) is 2.11. The summed E-state index contributed by atoms with van der Waals surface area (Å²) in [5.41, 5.74) is 0. The SMILES string of the molecule is CCC(C)C(C)NCC(=O)N(C)C. The Hall–Kier alpha value is -0.570. The molecular weight excluding hydrogens is 164 g/mol. The summed E-state index contributed by atoms with van der Waals surface area (Å²) in [6.07, 6.45) is 1.14. The van der Waals surface area contributed by atoms with E-state index in [1.165, 1.54) is 0 Å². The van der Waals surface area contributed by atoms with Gasteiger partial charge in [-0.15, -0.1) is 0 Å². The van der Waals surface area contributed by atoms with E-state index in [0.29, 0.717) is 18.5 Å². The molecule has 0 saturated heterocycles. The lowest BCUT2D eigenvalue weighted by Gasteiger charge is -2.20. The van der Waals surface area contributed by atoms with E-state index in [-0.39, 0.29) is 5.91 Å². The van der Waals surface area contributed by atoms with Gasteiger partial charge in [0.05, 0.1) is 6.54 Å². The third-order valence-corrected chi connectivity index (χ3v) is 2.57. The highest BCUT2D eigenvalue weighted by molar-refractivity contribution is 5.77. The lowest BCUT2D eigenvalue weighted by atomic mass is 10.0. The minimum atomic E-state index is 0.134. The highest BCUT2D eigenvalue weighted by atomic mass is 16.2. The van der Waals surface area contributed by atoms with Crippen molar-refractivity contribution in [2.45, 2.75) is 33.2 Å². The molecule has 0 saturated carbocycles. The van der Waals surface area contributed by atoms with Gasteiger partial charge in [0.15, 0.2) is 0 Å². The number of nitrogens with zero attached hydrogens (tertiary/aromatic N) is 1. The van der Waals surface area contributed by atoms with Gasteiger partial charge in [-0.2, -0.15) is 0 Å². The summed E-state index contributed by atoms with van der Waals surface area (Å²) in [6.45, 7) is 6.92. The largest absolute Gasteiger partial charge is 0.348 e. The molecule has 0 bridgehead atoms. The Morgan fingerprint density at radius 2 is 1.92 bits per heavy atom. The fraction of sp³-hybridized carbons (Fsp3) is 0.900. The van der Waals surface area contributed by atoms with Gasteiger partial charge >= 0.3 is 0 Å². The van der Waals surface area contributed by atoms with Crippen LogP contribution in [0, 0.1) is 5.92 Å². The van der Waals surface area contributed by atoms with E-state index >= 15 is 0 Å².